The van der Waals surface area contributed by atoms with Crippen molar-refractivity contribution in [3.8, 4) is 5.75 Å². The molecule has 0 spiro atoms. The summed E-state index contributed by atoms with van der Waals surface area (Å²) in [7, 11) is 1.63. The molecule has 5 heteroatoms. The maximum Gasteiger partial charge on any atom is 1.00 e. The van der Waals surface area contributed by atoms with E-state index in [4.69, 9.17) is 4.74 Å². The van der Waals surface area contributed by atoms with Crippen LogP contribution in [0.2, 0.25) is 0 Å². The van der Waals surface area contributed by atoms with E-state index < -0.39 is 5.97 Å². The van der Waals surface area contributed by atoms with Gasteiger partial charge in [-0.05, 0) is 29.9 Å². The molecule has 0 aliphatic rings. The van der Waals surface area contributed by atoms with Gasteiger partial charge >= 0.3 is 29.6 Å². The Morgan fingerprint density at radius 3 is 2.50 bits per heavy atom. The van der Waals surface area contributed by atoms with Crippen molar-refractivity contribution in [2.45, 2.75) is 12.2 Å². The fourth-order valence-electron chi connectivity index (χ4n) is 1.07. The van der Waals surface area contributed by atoms with Gasteiger partial charge in [0.1, 0.15) is 5.75 Å². The molecule has 0 atom stereocenters. The van der Waals surface area contributed by atoms with Gasteiger partial charge in [-0.2, -0.15) is 11.8 Å². The summed E-state index contributed by atoms with van der Waals surface area (Å²) in [5.41, 5.74) is 1.17. The van der Waals surface area contributed by atoms with E-state index in [1.165, 1.54) is 5.56 Å². The first-order chi connectivity index (χ1) is 7.22. The predicted molar refractivity (Wildman–Crippen MR) is 58.8 cm³/mol. The van der Waals surface area contributed by atoms with Gasteiger partial charge in [0.25, 0.3) is 0 Å². The minimum absolute atomic E-state index is 0. The molecule has 0 aliphatic heterocycles. The smallest absolute Gasteiger partial charge is 0.550 e. The van der Waals surface area contributed by atoms with Crippen LogP contribution in [0.3, 0.4) is 0 Å². The molecule has 3 nitrogen and oxygen atoms in total. The molecule has 1 aromatic carbocycles. The SMILES string of the molecule is COc1ccc(CSCCC(=O)[O-])cc1.[Na+]. The number of rotatable bonds is 6. The van der Waals surface area contributed by atoms with E-state index in [0.717, 1.165) is 11.5 Å². The van der Waals surface area contributed by atoms with Crippen molar-refractivity contribution in [2.75, 3.05) is 12.9 Å². The summed E-state index contributed by atoms with van der Waals surface area (Å²) >= 11 is 1.59. The van der Waals surface area contributed by atoms with E-state index in [1.54, 1.807) is 18.9 Å². The van der Waals surface area contributed by atoms with Crippen molar-refractivity contribution in [2.24, 2.45) is 0 Å². The molecule has 1 rings (SSSR count). The molecule has 0 bridgehead atoms. The Morgan fingerprint density at radius 1 is 1.38 bits per heavy atom. The number of ether oxygens (including phenoxy) is 1. The molecule has 0 radical (unpaired) electrons. The number of hydrogen-bond acceptors (Lipinski definition) is 4. The summed E-state index contributed by atoms with van der Waals surface area (Å²) in [5, 5.41) is 10.2. The van der Waals surface area contributed by atoms with Gasteiger partial charge in [-0.3, -0.25) is 0 Å². The second-order valence-corrected chi connectivity index (χ2v) is 4.13. The summed E-state index contributed by atoms with van der Waals surface area (Å²) in [6.07, 6.45) is 0.112. The molecule has 82 valence electrons. The van der Waals surface area contributed by atoms with Gasteiger partial charge in [-0.1, -0.05) is 12.1 Å². The molecule has 0 saturated carbocycles. The molecular formula is C11H13NaO3S. The Labute approximate surface area is 122 Å². The molecular weight excluding hydrogens is 235 g/mol. The van der Waals surface area contributed by atoms with Crippen LogP contribution >= 0.6 is 11.8 Å². The van der Waals surface area contributed by atoms with E-state index in [1.807, 2.05) is 24.3 Å². The largest absolute Gasteiger partial charge is 1.00 e. The van der Waals surface area contributed by atoms with E-state index in [0.29, 0.717) is 5.75 Å². The van der Waals surface area contributed by atoms with Crippen molar-refractivity contribution in [1.82, 2.24) is 0 Å². The molecule has 1 aromatic rings. The second-order valence-electron chi connectivity index (χ2n) is 3.02. The Balaban J connectivity index is 0.00000225. The second kappa shape index (κ2) is 8.93. The molecule has 0 aromatic heterocycles. The number of carbonyl (C=O) groups is 1. The Hall–Kier alpha value is -0.160. The van der Waals surface area contributed by atoms with Crippen LogP contribution in [-0.4, -0.2) is 18.8 Å². The van der Waals surface area contributed by atoms with Gasteiger partial charge in [0.2, 0.25) is 0 Å². The van der Waals surface area contributed by atoms with Gasteiger partial charge in [0, 0.05) is 11.7 Å². The molecule has 0 unspecified atom stereocenters. The van der Waals surface area contributed by atoms with Gasteiger partial charge in [-0.25, -0.2) is 0 Å². The zero-order valence-electron chi connectivity index (χ0n) is 9.56. The van der Waals surface area contributed by atoms with Crippen LogP contribution in [0.5, 0.6) is 5.75 Å². The van der Waals surface area contributed by atoms with Gasteiger partial charge in [0.15, 0.2) is 0 Å². The van der Waals surface area contributed by atoms with Gasteiger partial charge in [-0.15, -0.1) is 0 Å². The number of methoxy groups -OCH3 is 1. The average molecular weight is 248 g/mol. The first-order valence-corrected chi connectivity index (χ1v) is 5.78. The number of thioether (sulfide) groups is 1. The molecule has 0 saturated heterocycles. The molecule has 0 fully saturated rings. The normalized spacial score (nSPS) is 9.31. The number of benzene rings is 1. The number of aliphatic carboxylic acids is 1. The molecule has 0 heterocycles. The first-order valence-electron chi connectivity index (χ1n) is 4.63. The maximum absolute atomic E-state index is 10.2. The molecule has 0 N–H and O–H groups in total. The number of carboxylic acid groups (broad SMARTS) is 1. The van der Waals surface area contributed by atoms with E-state index in [2.05, 4.69) is 0 Å². The van der Waals surface area contributed by atoms with E-state index in [-0.39, 0.29) is 36.0 Å². The predicted octanol–water partition coefficient (Wildman–Crippen LogP) is -1.93. The van der Waals surface area contributed by atoms with Crippen molar-refractivity contribution in [3.05, 3.63) is 29.8 Å². The summed E-state index contributed by atoms with van der Waals surface area (Å²) in [5.74, 6) is 1.25. The van der Waals surface area contributed by atoms with Crippen LogP contribution in [0.15, 0.2) is 24.3 Å². The average Bonchev–Trinajstić information content (AvgIpc) is 2.25. The third kappa shape index (κ3) is 6.43. The Kier molecular flexibility index (Phi) is 8.84. The van der Waals surface area contributed by atoms with Crippen molar-refractivity contribution >= 4 is 17.7 Å². The summed E-state index contributed by atoms with van der Waals surface area (Å²) in [6, 6.07) is 7.75. The van der Waals surface area contributed by atoms with Crippen molar-refractivity contribution in [1.29, 1.82) is 0 Å². The molecule has 0 amide bonds. The number of carboxylic acids is 1. The topological polar surface area (TPSA) is 49.4 Å². The van der Waals surface area contributed by atoms with Crippen molar-refractivity contribution < 1.29 is 44.2 Å². The van der Waals surface area contributed by atoms with Crippen LogP contribution in [0.4, 0.5) is 0 Å². The zero-order chi connectivity index (χ0) is 11.1. The van der Waals surface area contributed by atoms with Crippen molar-refractivity contribution in [3.63, 3.8) is 0 Å². The van der Waals surface area contributed by atoms with Crippen LogP contribution < -0.4 is 39.4 Å². The minimum Gasteiger partial charge on any atom is -0.550 e. The van der Waals surface area contributed by atoms with Crippen LogP contribution in [0, 0.1) is 0 Å². The summed E-state index contributed by atoms with van der Waals surface area (Å²) in [6.45, 7) is 0. The quantitative estimate of drug-likeness (QED) is 0.435. The van der Waals surface area contributed by atoms with Gasteiger partial charge in [0.05, 0.1) is 7.11 Å². The van der Waals surface area contributed by atoms with Crippen LogP contribution in [0.25, 0.3) is 0 Å². The molecule has 0 aliphatic carbocycles. The monoisotopic (exact) mass is 248 g/mol. The minimum atomic E-state index is -0.989. The fourth-order valence-corrected chi connectivity index (χ4v) is 1.95. The summed E-state index contributed by atoms with van der Waals surface area (Å²) < 4.78 is 5.03. The Bertz CT molecular complexity index is 314. The third-order valence-electron chi connectivity index (χ3n) is 1.88. The Morgan fingerprint density at radius 2 is 2.00 bits per heavy atom. The van der Waals surface area contributed by atoms with Gasteiger partial charge < -0.3 is 14.6 Å². The summed E-state index contributed by atoms with van der Waals surface area (Å²) in [4.78, 5) is 10.2. The fraction of sp³-hybridized carbons (Fsp3) is 0.364. The van der Waals surface area contributed by atoms with Crippen LogP contribution in [-0.2, 0) is 10.5 Å². The molecule has 16 heavy (non-hydrogen) atoms. The first kappa shape index (κ1) is 15.8. The van der Waals surface area contributed by atoms with Crippen LogP contribution in [0.1, 0.15) is 12.0 Å². The standard InChI is InChI=1S/C11H14O3S.Na/c1-14-10-4-2-9(3-5-10)8-15-7-6-11(12)13;/h2-5H,6-8H2,1H3,(H,12,13);/q;+1/p-1. The van der Waals surface area contributed by atoms with E-state index >= 15 is 0 Å². The third-order valence-corrected chi connectivity index (χ3v) is 2.91. The maximum atomic E-state index is 10.2. The van der Waals surface area contributed by atoms with E-state index in [9.17, 15) is 9.90 Å². The number of carbonyl (C=O) groups excluding carboxylic acids is 1. The zero-order valence-corrected chi connectivity index (χ0v) is 12.4. The number of hydrogen-bond donors (Lipinski definition) is 0.